The molecule has 2 aromatic carbocycles. The van der Waals surface area contributed by atoms with Gasteiger partial charge >= 0.3 is 0 Å². The van der Waals surface area contributed by atoms with Gasteiger partial charge in [-0.1, -0.05) is 6.07 Å². The zero-order chi connectivity index (χ0) is 18.1. The van der Waals surface area contributed by atoms with Gasteiger partial charge in [0.2, 0.25) is 0 Å². The number of nitro benzene ring substituents is 1. The zero-order valence-corrected chi connectivity index (χ0v) is 13.9. The van der Waals surface area contributed by atoms with E-state index in [0.29, 0.717) is 5.69 Å². The average molecular weight is 339 g/mol. The van der Waals surface area contributed by atoms with Crippen LogP contribution in [0.4, 0.5) is 17.1 Å². The molecule has 1 aliphatic heterocycles. The highest BCUT2D eigenvalue weighted by molar-refractivity contribution is 6.35. The van der Waals surface area contributed by atoms with E-state index >= 15 is 0 Å². The largest absolute Gasteiger partial charge is 0.372 e. The maximum Gasteiger partial charge on any atom is 0.283 e. The SMILES string of the molecule is CCN(CC)c1ccc(N2C(=O)c3cccc([N+](=O)[O-])c3C2=O)cc1. The second-order valence-corrected chi connectivity index (χ2v) is 5.59. The first-order valence-corrected chi connectivity index (χ1v) is 8.00. The van der Waals surface area contributed by atoms with Crippen molar-refractivity contribution in [2.75, 3.05) is 22.9 Å². The van der Waals surface area contributed by atoms with Crippen molar-refractivity contribution in [3.63, 3.8) is 0 Å². The van der Waals surface area contributed by atoms with Gasteiger partial charge in [0.25, 0.3) is 17.5 Å². The Morgan fingerprint density at radius 1 is 1.00 bits per heavy atom. The van der Waals surface area contributed by atoms with E-state index in [1.165, 1.54) is 18.2 Å². The number of benzene rings is 2. The Kier molecular flexibility index (Phi) is 4.22. The first-order chi connectivity index (χ1) is 12.0. The Labute approximate surface area is 144 Å². The van der Waals surface area contributed by atoms with E-state index in [1.807, 2.05) is 26.0 Å². The number of nitrogens with zero attached hydrogens (tertiary/aromatic N) is 3. The van der Waals surface area contributed by atoms with Gasteiger partial charge in [0.1, 0.15) is 5.56 Å². The molecule has 1 aliphatic rings. The van der Waals surface area contributed by atoms with Crippen LogP contribution in [-0.4, -0.2) is 29.8 Å². The molecule has 2 amide bonds. The summed E-state index contributed by atoms with van der Waals surface area (Å²) in [6.07, 6.45) is 0. The van der Waals surface area contributed by atoms with Gasteiger partial charge in [-0.15, -0.1) is 0 Å². The number of carbonyl (C=O) groups excluding carboxylic acids is 2. The molecule has 7 heteroatoms. The van der Waals surface area contributed by atoms with Crippen LogP contribution >= 0.6 is 0 Å². The third kappa shape index (κ3) is 2.63. The molecular formula is C18H17N3O4. The number of hydrogen-bond donors (Lipinski definition) is 0. The molecule has 25 heavy (non-hydrogen) atoms. The maximum atomic E-state index is 12.7. The number of rotatable bonds is 5. The van der Waals surface area contributed by atoms with E-state index in [9.17, 15) is 19.7 Å². The number of anilines is 2. The molecule has 0 bridgehead atoms. The van der Waals surface area contributed by atoms with Crippen LogP contribution in [0.15, 0.2) is 42.5 Å². The fourth-order valence-corrected chi connectivity index (χ4v) is 3.06. The predicted molar refractivity (Wildman–Crippen MR) is 94.2 cm³/mol. The average Bonchev–Trinajstić information content (AvgIpc) is 2.88. The lowest BCUT2D eigenvalue weighted by Crippen LogP contribution is -2.29. The highest BCUT2D eigenvalue weighted by Gasteiger charge is 2.41. The Morgan fingerprint density at radius 2 is 1.64 bits per heavy atom. The van der Waals surface area contributed by atoms with Gasteiger partial charge < -0.3 is 4.90 Å². The van der Waals surface area contributed by atoms with Crippen molar-refractivity contribution in [2.45, 2.75) is 13.8 Å². The summed E-state index contributed by atoms with van der Waals surface area (Å²) in [5.41, 5.74) is 0.947. The van der Waals surface area contributed by atoms with Crippen molar-refractivity contribution in [3.05, 3.63) is 63.7 Å². The van der Waals surface area contributed by atoms with Crippen LogP contribution in [-0.2, 0) is 0 Å². The zero-order valence-electron chi connectivity index (χ0n) is 13.9. The summed E-state index contributed by atoms with van der Waals surface area (Å²) in [6, 6.07) is 11.1. The molecule has 0 saturated heterocycles. The minimum Gasteiger partial charge on any atom is -0.372 e. The normalized spacial score (nSPS) is 13.1. The van der Waals surface area contributed by atoms with Crippen molar-refractivity contribution < 1.29 is 14.5 Å². The molecule has 0 N–H and O–H groups in total. The second kappa shape index (κ2) is 6.35. The van der Waals surface area contributed by atoms with E-state index in [1.54, 1.807) is 12.1 Å². The molecule has 128 valence electrons. The quantitative estimate of drug-likeness (QED) is 0.474. The Balaban J connectivity index is 2.00. The van der Waals surface area contributed by atoms with Crippen LogP contribution in [0.3, 0.4) is 0 Å². The van der Waals surface area contributed by atoms with E-state index < -0.39 is 16.7 Å². The van der Waals surface area contributed by atoms with Gasteiger partial charge in [0.15, 0.2) is 0 Å². The standard InChI is InChI=1S/C18H17N3O4/c1-3-19(4-2)12-8-10-13(11-9-12)20-17(22)14-6-5-7-15(21(24)25)16(14)18(20)23/h5-11H,3-4H2,1-2H3. The lowest BCUT2D eigenvalue weighted by molar-refractivity contribution is -0.385. The van der Waals surface area contributed by atoms with E-state index in [2.05, 4.69) is 4.90 Å². The van der Waals surface area contributed by atoms with E-state index in [-0.39, 0.29) is 16.8 Å². The summed E-state index contributed by atoms with van der Waals surface area (Å²) in [5.74, 6) is -1.21. The summed E-state index contributed by atoms with van der Waals surface area (Å²) in [7, 11) is 0. The number of imide groups is 1. The van der Waals surface area contributed by atoms with Gasteiger partial charge in [-0.05, 0) is 44.2 Å². The predicted octanol–water partition coefficient (Wildman–Crippen LogP) is 3.24. The topological polar surface area (TPSA) is 83.8 Å². The van der Waals surface area contributed by atoms with Crippen molar-refractivity contribution in [2.24, 2.45) is 0 Å². The highest BCUT2D eigenvalue weighted by atomic mass is 16.6. The van der Waals surface area contributed by atoms with Crippen LogP contribution in [0.1, 0.15) is 34.6 Å². The minimum atomic E-state index is -0.664. The molecule has 7 nitrogen and oxygen atoms in total. The summed E-state index contributed by atoms with van der Waals surface area (Å²) in [6.45, 7) is 5.77. The number of amides is 2. The van der Waals surface area contributed by atoms with E-state index in [4.69, 9.17) is 0 Å². The summed E-state index contributed by atoms with van der Waals surface area (Å²) < 4.78 is 0. The van der Waals surface area contributed by atoms with Gasteiger partial charge in [-0.25, -0.2) is 4.90 Å². The molecule has 0 spiro atoms. The molecule has 0 unspecified atom stereocenters. The third-order valence-electron chi connectivity index (χ3n) is 4.33. The summed E-state index contributed by atoms with van der Waals surface area (Å²) in [5, 5.41) is 11.2. The molecule has 0 aromatic heterocycles. The first kappa shape index (κ1) is 16.6. The molecule has 1 heterocycles. The number of fused-ring (bicyclic) bond motifs is 1. The highest BCUT2D eigenvalue weighted by Crippen LogP contribution is 2.34. The van der Waals surface area contributed by atoms with Gasteiger partial charge in [-0.2, -0.15) is 0 Å². The number of carbonyl (C=O) groups is 2. The van der Waals surface area contributed by atoms with Gasteiger partial charge in [0, 0.05) is 24.8 Å². The van der Waals surface area contributed by atoms with Crippen molar-refractivity contribution in [3.8, 4) is 0 Å². The minimum absolute atomic E-state index is 0.0621. The number of nitro groups is 1. The molecule has 0 aliphatic carbocycles. The molecule has 0 radical (unpaired) electrons. The van der Waals surface area contributed by atoms with Crippen LogP contribution in [0, 0.1) is 10.1 Å². The Bertz CT molecular complexity index is 857. The van der Waals surface area contributed by atoms with Gasteiger partial charge in [0.05, 0.1) is 16.2 Å². The molecule has 0 fully saturated rings. The molecule has 0 saturated carbocycles. The van der Waals surface area contributed by atoms with Crippen molar-refractivity contribution in [1.29, 1.82) is 0 Å². The summed E-state index contributed by atoms with van der Waals surface area (Å²) >= 11 is 0. The first-order valence-electron chi connectivity index (χ1n) is 8.00. The van der Waals surface area contributed by atoms with Crippen LogP contribution < -0.4 is 9.80 Å². The van der Waals surface area contributed by atoms with Crippen LogP contribution in [0.25, 0.3) is 0 Å². The fraction of sp³-hybridized carbons (Fsp3) is 0.222. The molecule has 3 rings (SSSR count). The summed E-state index contributed by atoms with van der Waals surface area (Å²) in [4.78, 5) is 38.9. The second-order valence-electron chi connectivity index (χ2n) is 5.59. The molecule has 2 aromatic rings. The van der Waals surface area contributed by atoms with E-state index in [0.717, 1.165) is 23.7 Å². The molecular weight excluding hydrogens is 322 g/mol. The Hall–Kier alpha value is -3.22. The van der Waals surface area contributed by atoms with Crippen LogP contribution in [0.5, 0.6) is 0 Å². The van der Waals surface area contributed by atoms with Crippen LogP contribution in [0.2, 0.25) is 0 Å². The fourth-order valence-electron chi connectivity index (χ4n) is 3.06. The monoisotopic (exact) mass is 339 g/mol. The number of hydrogen-bond acceptors (Lipinski definition) is 5. The van der Waals surface area contributed by atoms with Crippen molar-refractivity contribution in [1.82, 2.24) is 0 Å². The smallest absolute Gasteiger partial charge is 0.283 e. The lowest BCUT2D eigenvalue weighted by atomic mass is 10.1. The lowest BCUT2D eigenvalue weighted by Gasteiger charge is -2.22. The molecule has 0 atom stereocenters. The van der Waals surface area contributed by atoms with Gasteiger partial charge in [-0.3, -0.25) is 19.7 Å². The maximum absolute atomic E-state index is 12.7. The van der Waals surface area contributed by atoms with Crippen molar-refractivity contribution >= 4 is 28.9 Å². The Morgan fingerprint density at radius 3 is 2.20 bits per heavy atom. The third-order valence-corrected chi connectivity index (χ3v) is 4.33.